The number of nitriles is 3. The molecular weight excluding hydrogens is 509 g/mol. The van der Waals surface area contributed by atoms with Gasteiger partial charge in [0.2, 0.25) is 0 Å². The first-order valence-corrected chi connectivity index (χ1v) is 13.0. The zero-order valence-electron chi connectivity index (χ0n) is 21.5. The van der Waals surface area contributed by atoms with Crippen LogP contribution < -0.4 is 0 Å². The minimum Gasteiger partial charge on any atom is -0.346 e. The highest BCUT2D eigenvalue weighted by atomic mass is 19.1. The molecule has 3 aromatic heterocycles. The van der Waals surface area contributed by atoms with Gasteiger partial charge in [0.15, 0.2) is 0 Å². The molecule has 1 aromatic carbocycles. The Morgan fingerprint density at radius 2 is 1.93 bits per heavy atom. The van der Waals surface area contributed by atoms with Crippen molar-refractivity contribution in [2.45, 2.75) is 30.8 Å². The van der Waals surface area contributed by atoms with E-state index >= 15 is 0 Å². The number of aromatic nitrogens is 4. The summed E-state index contributed by atoms with van der Waals surface area (Å²) in [6, 6.07) is 12.9. The second-order valence-electron chi connectivity index (χ2n) is 10.4. The molecule has 40 heavy (non-hydrogen) atoms. The van der Waals surface area contributed by atoms with E-state index in [1.807, 2.05) is 18.3 Å². The Bertz CT molecular complexity index is 1740. The minimum atomic E-state index is -0.514. The number of carbonyl (C=O) groups is 1. The van der Waals surface area contributed by atoms with Crippen LogP contribution in [0.5, 0.6) is 0 Å². The minimum absolute atomic E-state index is 0.238. The fourth-order valence-electron chi connectivity index (χ4n) is 5.93. The molecule has 2 aliphatic heterocycles. The molecule has 0 radical (unpaired) electrons. The number of nitrogens with zero attached hydrogens (tertiary/aromatic N) is 8. The molecule has 0 bridgehead atoms. The van der Waals surface area contributed by atoms with E-state index in [1.54, 1.807) is 28.0 Å². The molecular formula is C29H24FN9O. The molecule has 6 rings (SSSR count). The summed E-state index contributed by atoms with van der Waals surface area (Å²) < 4.78 is 16.6. The first-order chi connectivity index (χ1) is 19.5. The molecule has 1 amide bonds. The van der Waals surface area contributed by atoms with Gasteiger partial charge < -0.3 is 9.88 Å². The molecule has 2 fully saturated rings. The number of benzene rings is 1. The number of pyridine rings is 1. The Morgan fingerprint density at radius 1 is 1.12 bits per heavy atom. The van der Waals surface area contributed by atoms with Crippen LogP contribution in [0, 0.1) is 39.8 Å². The van der Waals surface area contributed by atoms with Crippen molar-refractivity contribution < 1.29 is 9.18 Å². The number of carbonyl (C=O) groups excluding carboxylic acids is 1. The maximum atomic E-state index is 14.8. The number of amides is 1. The van der Waals surface area contributed by atoms with Gasteiger partial charge in [0.1, 0.15) is 17.0 Å². The number of rotatable bonds is 5. The van der Waals surface area contributed by atoms with E-state index in [9.17, 15) is 25.0 Å². The Labute approximate surface area is 229 Å². The Balaban J connectivity index is 1.14. The molecule has 0 unspecified atom stereocenters. The lowest BCUT2D eigenvalue weighted by atomic mass is 9.83. The van der Waals surface area contributed by atoms with E-state index < -0.39 is 11.4 Å². The number of likely N-dealkylation sites (tertiary alicyclic amines) is 2. The van der Waals surface area contributed by atoms with Crippen LogP contribution in [-0.4, -0.2) is 67.7 Å². The average Bonchev–Trinajstić information content (AvgIpc) is 3.64. The Morgan fingerprint density at radius 3 is 2.65 bits per heavy atom. The highest BCUT2D eigenvalue weighted by Gasteiger charge is 2.48. The number of aromatic amines is 1. The number of H-pyrrole nitrogens is 1. The normalized spacial score (nSPS) is 17.1. The third-order valence-electron chi connectivity index (χ3n) is 8.07. The third kappa shape index (κ3) is 4.16. The van der Waals surface area contributed by atoms with Gasteiger partial charge in [-0.25, -0.2) is 9.37 Å². The van der Waals surface area contributed by atoms with Crippen molar-refractivity contribution in [2.75, 3.05) is 26.2 Å². The van der Waals surface area contributed by atoms with Crippen molar-refractivity contribution in [3.63, 3.8) is 0 Å². The second kappa shape index (κ2) is 9.92. The summed E-state index contributed by atoms with van der Waals surface area (Å²) in [5.74, 6) is -0.669. The van der Waals surface area contributed by atoms with Crippen molar-refractivity contribution in [2.24, 2.45) is 0 Å². The molecule has 0 aliphatic carbocycles. The van der Waals surface area contributed by atoms with Gasteiger partial charge in [-0.2, -0.15) is 20.9 Å². The van der Waals surface area contributed by atoms with Crippen LogP contribution in [0.25, 0.3) is 22.2 Å². The summed E-state index contributed by atoms with van der Waals surface area (Å²) in [5.41, 5.74) is 2.00. The molecule has 1 N–H and O–H groups in total. The summed E-state index contributed by atoms with van der Waals surface area (Å²) in [6.45, 7) is 2.32. The van der Waals surface area contributed by atoms with Gasteiger partial charge in [-0.3, -0.25) is 14.4 Å². The van der Waals surface area contributed by atoms with E-state index in [0.29, 0.717) is 53.9 Å². The fraction of sp³-hybridized carbons (Fsp3) is 0.310. The van der Waals surface area contributed by atoms with Crippen LogP contribution in [-0.2, 0) is 5.54 Å². The topological polar surface area (TPSA) is 141 Å². The van der Waals surface area contributed by atoms with E-state index in [2.05, 4.69) is 26.0 Å². The summed E-state index contributed by atoms with van der Waals surface area (Å²) in [5, 5.41) is 33.5. The Kier molecular flexibility index (Phi) is 6.26. The largest absolute Gasteiger partial charge is 0.346 e. The van der Waals surface area contributed by atoms with Crippen molar-refractivity contribution in [3.05, 3.63) is 71.6 Å². The molecule has 0 atom stereocenters. The van der Waals surface area contributed by atoms with Crippen molar-refractivity contribution in [1.29, 1.82) is 15.8 Å². The second-order valence-corrected chi connectivity index (χ2v) is 10.4. The third-order valence-corrected chi connectivity index (χ3v) is 8.07. The van der Waals surface area contributed by atoms with E-state index in [0.717, 1.165) is 12.8 Å². The number of piperidine rings is 1. The lowest BCUT2D eigenvalue weighted by Crippen LogP contribution is -2.66. The summed E-state index contributed by atoms with van der Waals surface area (Å²) in [7, 11) is 0. The Hall–Kier alpha value is -5.05. The monoisotopic (exact) mass is 533 g/mol. The van der Waals surface area contributed by atoms with Crippen LogP contribution >= 0.6 is 0 Å². The predicted octanol–water partition coefficient (Wildman–Crippen LogP) is 3.54. The van der Waals surface area contributed by atoms with Gasteiger partial charge in [-0.15, -0.1) is 0 Å². The number of halogens is 1. The number of hydrogen-bond acceptors (Lipinski definition) is 7. The first kappa shape index (κ1) is 25.2. The van der Waals surface area contributed by atoms with Gasteiger partial charge in [-0.05, 0) is 37.1 Å². The van der Waals surface area contributed by atoms with Crippen LogP contribution in [0.4, 0.5) is 4.39 Å². The molecule has 11 heteroatoms. The number of nitrogens with one attached hydrogen (secondary N) is 1. The molecule has 2 saturated heterocycles. The van der Waals surface area contributed by atoms with E-state index in [1.165, 1.54) is 24.4 Å². The molecule has 198 valence electrons. The predicted molar refractivity (Wildman–Crippen MR) is 142 cm³/mol. The molecule has 2 aliphatic rings. The standard InChI is InChI=1S/C29H24FN9O/c30-25-15-35-27-23(3-8-34-27)26(25)21-14-36-39(16-21)29(6-7-31)17-38(18-29)22-4-9-37(10-5-22)28(40)24-11-19(12-32)1-2-20(24)13-33/h1-3,8,11,14-16,22H,4-6,9-10,17-18H2,(H,34,35). The molecule has 10 nitrogen and oxygen atoms in total. The van der Waals surface area contributed by atoms with Crippen LogP contribution in [0.1, 0.15) is 40.7 Å². The zero-order chi connectivity index (χ0) is 27.9. The number of fused-ring (bicyclic) bond motifs is 1. The maximum absolute atomic E-state index is 14.8. The van der Waals surface area contributed by atoms with E-state index in [4.69, 9.17) is 0 Å². The van der Waals surface area contributed by atoms with Crippen LogP contribution in [0.2, 0.25) is 0 Å². The average molecular weight is 534 g/mol. The van der Waals surface area contributed by atoms with Gasteiger partial charge in [0, 0.05) is 61.1 Å². The van der Waals surface area contributed by atoms with Crippen LogP contribution in [0.15, 0.2) is 49.1 Å². The lowest BCUT2D eigenvalue weighted by molar-refractivity contribution is -0.0412. The van der Waals surface area contributed by atoms with Crippen molar-refractivity contribution >= 4 is 16.9 Å². The molecule has 0 saturated carbocycles. The lowest BCUT2D eigenvalue weighted by Gasteiger charge is -2.53. The fourth-order valence-corrected chi connectivity index (χ4v) is 5.93. The van der Waals surface area contributed by atoms with Gasteiger partial charge >= 0.3 is 0 Å². The zero-order valence-corrected chi connectivity index (χ0v) is 21.5. The van der Waals surface area contributed by atoms with Crippen LogP contribution in [0.3, 0.4) is 0 Å². The highest BCUT2D eigenvalue weighted by Crippen LogP contribution is 2.38. The van der Waals surface area contributed by atoms with Gasteiger partial charge in [0.25, 0.3) is 5.91 Å². The summed E-state index contributed by atoms with van der Waals surface area (Å²) in [4.78, 5) is 24.3. The summed E-state index contributed by atoms with van der Waals surface area (Å²) in [6.07, 6.45) is 8.14. The van der Waals surface area contributed by atoms with Gasteiger partial charge in [-0.1, -0.05) is 0 Å². The number of hydrogen-bond donors (Lipinski definition) is 1. The maximum Gasteiger partial charge on any atom is 0.255 e. The first-order valence-electron chi connectivity index (χ1n) is 13.0. The SMILES string of the molecule is N#CCC1(n2cc(-c3c(F)cnc4[nH]ccc34)cn2)CN(C2CCN(C(=O)c3cc(C#N)ccc3C#N)CC2)C1. The van der Waals surface area contributed by atoms with Gasteiger partial charge in [0.05, 0.1) is 53.7 Å². The smallest absolute Gasteiger partial charge is 0.255 e. The molecule has 5 heterocycles. The quantitative estimate of drug-likeness (QED) is 0.414. The molecule has 4 aromatic rings. The van der Waals surface area contributed by atoms with E-state index in [-0.39, 0.29) is 29.5 Å². The van der Waals surface area contributed by atoms with Crippen molar-refractivity contribution in [1.82, 2.24) is 29.5 Å². The highest BCUT2D eigenvalue weighted by molar-refractivity contribution is 5.97. The summed E-state index contributed by atoms with van der Waals surface area (Å²) >= 11 is 0. The van der Waals surface area contributed by atoms with Crippen molar-refractivity contribution in [3.8, 4) is 29.3 Å². The molecule has 0 spiro atoms.